The third-order valence-corrected chi connectivity index (χ3v) is 4.36. The van der Waals surface area contributed by atoms with E-state index in [1.165, 1.54) is 9.30 Å². The van der Waals surface area contributed by atoms with E-state index in [0.29, 0.717) is 5.65 Å². The first-order valence-electron chi connectivity index (χ1n) is 6.94. The maximum Gasteiger partial charge on any atom is 0.417 e. The molecular weight excluding hydrogens is 335 g/mol. The molecule has 1 N–H and O–H groups in total. The van der Waals surface area contributed by atoms with E-state index in [1.807, 2.05) is 0 Å². The van der Waals surface area contributed by atoms with Crippen molar-refractivity contribution < 1.29 is 23.1 Å². The van der Waals surface area contributed by atoms with Crippen LogP contribution in [0.2, 0.25) is 5.15 Å². The van der Waals surface area contributed by atoms with Crippen LogP contribution in [0.15, 0.2) is 24.4 Å². The van der Waals surface area contributed by atoms with E-state index >= 15 is 0 Å². The van der Waals surface area contributed by atoms with Gasteiger partial charge in [0.05, 0.1) is 0 Å². The molecule has 1 aliphatic heterocycles. The van der Waals surface area contributed by atoms with Gasteiger partial charge >= 0.3 is 6.18 Å². The summed E-state index contributed by atoms with van der Waals surface area (Å²) in [6.45, 7) is -0.406. The largest absolute Gasteiger partial charge is 0.417 e. The summed E-state index contributed by atoms with van der Waals surface area (Å²) in [6.07, 6.45) is -4.21. The molecule has 124 valence electrons. The molecule has 0 radical (unpaired) electrons. The highest BCUT2D eigenvalue weighted by Crippen LogP contribution is 2.38. The number of amides is 1. The summed E-state index contributed by atoms with van der Waals surface area (Å²) in [5, 5.41) is 9.66. The first-order valence-corrected chi connectivity index (χ1v) is 7.32. The monoisotopic (exact) mass is 347 g/mol. The van der Waals surface area contributed by atoms with Gasteiger partial charge in [0.15, 0.2) is 16.4 Å². The molecule has 1 aliphatic rings. The molecule has 0 spiro atoms. The van der Waals surface area contributed by atoms with E-state index in [1.54, 1.807) is 24.4 Å². The van der Waals surface area contributed by atoms with Crippen molar-refractivity contribution in [1.29, 1.82) is 0 Å². The Balaban J connectivity index is 1.84. The molecule has 9 heteroatoms. The average molecular weight is 348 g/mol. The van der Waals surface area contributed by atoms with Crippen molar-refractivity contribution in [2.45, 2.75) is 24.6 Å². The summed E-state index contributed by atoms with van der Waals surface area (Å²) in [4.78, 5) is 17.9. The van der Waals surface area contributed by atoms with Gasteiger partial charge in [0.1, 0.15) is 5.65 Å². The number of fused-ring (bicyclic) bond motifs is 1. The van der Waals surface area contributed by atoms with Gasteiger partial charge in [0.25, 0.3) is 5.91 Å². The molecule has 0 aromatic carbocycles. The van der Waals surface area contributed by atoms with E-state index in [9.17, 15) is 23.1 Å². The molecule has 0 saturated carbocycles. The highest BCUT2D eigenvalue weighted by Gasteiger charge is 2.55. The minimum atomic E-state index is -4.71. The third-order valence-electron chi connectivity index (χ3n) is 4.10. The van der Waals surface area contributed by atoms with Crippen LogP contribution in [0.4, 0.5) is 13.2 Å². The quantitative estimate of drug-likeness (QED) is 0.862. The van der Waals surface area contributed by atoms with Gasteiger partial charge in [-0.1, -0.05) is 17.7 Å². The Morgan fingerprint density at radius 1 is 1.30 bits per heavy atom. The van der Waals surface area contributed by atoms with E-state index in [4.69, 9.17) is 11.6 Å². The third kappa shape index (κ3) is 2.66. The topological polar surface area (TPSA) is 57.8 Å². The first-order chi connectivity index (χ1) is 10.7. The lowest BCUT2D eigenvalue weighted by Gasteiger charge is -2.39. The second kappa shape index (κ2) is 5.38. The number of alkyl halides is 3. The minimum Gasteiger partial charge on any atom is -0.380 e. The van der Waals surface area contributed by atoms with Crippen LogP contribution in [-0.4, -0.2) is 50.2 Å². The standard InChI is InChI=1S/C14H13ClF3N3O2/c15-11-10(21-6-2-1-3-9(21)19-11)12(22)20-7-4-13(23,5-8-20)14(16,17)18/h1-3,6,23H,4-5,7-8H2. The second-order valence-electron chi connectivity index (χ2n) is 5.50. The van der Waals surface area contributed by atoms with Crippen LogP contribution < -0.4 is 0 Å². The molecule has 0 unspecified atom stereocenters. The molecular formula is C14H13ClF3N3O2. The van der Waals surface area contributed by atoms with Crippen molar-refractivity contribution in [3.63, 3.8) is 0 Å². The number of likely N-dealkylation sites (tertiary alicyclic amines) is 1. The molecule has 5 nitrogen and oxygen atoms in total. The average Bonchev–Trinajstić information content (AvgIpc) is 2.82. The van der Waals surface area contributed by atoms with Crippen LogP contribution in [0.3, 0.4) is 0 Å². The Morgan fingerprint density at radius 2 is 1.96 bits per heavy atom. The zero-order chi connectivity index (χ0) is 16.8. The van der Waals surface area contributed by atoms with Gasteiger partial charge in [-0.3, -0.25) is 9.20 Å². The molecule has 23 heavy (non-hydrogen) atoms. The fourth-order valence-electron chi connectivity index (χ4n) is 2.67. The smallest absolute Gasteiger partial charge is 0.380 e. The van der Waals surface area contributed by atoms with Crippen molar-refractivity contribution in [3.8, 4) is 0 Å². The maximum atomic E-state index is 12.8. The van der Waals surface area contributed by atoms with Crippen LogP contribution in [0, 0.1) is 0 Å². The van der Waals surface area contributed by atoms with E-state index in [0.717, 1.165) is 0 Å². The minimum absolute atomic E-state index is 0.00198. The first kappa shape index (κ1) is 16.1. The number of nitrogens with zero attached hydrogens (tertiary/aromatic N) is 3. The van der Waals surface area contributed by atoms with Gasteiger partial charge in [0.2, 0.25) is 0 Å². The summed E-state index contributed by atoms with van der Waals surface area (Å²) in [5.41, 5.74) is -2.16. The van der Waals surface area contributed by atoms with Crippen LogP contribution in [0.1, 0.15) is 23.3 Å². The molecule has 0 atom stereocenters. The van der Waals surface area contributed by atoms with Gasteiger partial charge in [-0.2, -0.15) is 13.2 Å². The number of halogens is 4. The molecule has 0 aliphatic carbocycles. The second-order valence-corrected chi connectivity index (χ2v) is 5.86. The van der Waals surface area contributed by atoms with Crippen molar-refractivity contribution in [2.24, 2.45) is 0 Å². The predicted octanol–water partition coefficient (Wildman–Crippen LogP) is 2.52. The number of piperidine rings is 1. The summed E-state index contributed by atoms with van der Waals surface area (Å²) < 4.78 is 39.9. The zero-order valence-corrected chi connectivity index (χ0v) is 12.6. The Hall–Kier alpha value is -1.80. The van der Waals surface area contributed by atoms with Crippen molar-refractivity contribution >= 4 is 23.2 Å². The van der Waals surface area contributed by atoms with Gasteiger partial charge in [-0.25, -0.2) is 4.98 Å². The van der Waals surface area contributed by atoms with Crippen LogP contribution >= 0.6 is 11.6 Å². The van der Waals surface area contributed by atoms with Crippen molar-refractivity contribution in [2.75, 3.05) is 13.1 Å². The normalized spacial score (nSPS) is 18.4. The molecule has 1 amide bonds. The van der Waals surface area contributed by atoms with E-state index < -0.39 is 30.5 Å². The summed E-state index contributed by atoms with van der Waals surface area (Å²) in [7, 11) is 0. The molecule has 0 bridgehead atoms. The van der Waals surface area contributed by atoms with Crippen LogP contribution in [0.5, 0.6) is 0 Å². The highest BCUT2D eigenvalue weighted by atomic mass is 35.5. The molecule has 3 heterocycles. The molecule has 2 aromatic heterocycles. The Kier molecular flexibility index (Phi) is 3.76. The SMILES string of the molecule is O=C(c1c(Cl)nc2ccccn12)N1CCC(O)(C(F)(F)F)CC1. The number of aromatic nitrogens is 2. The van der Waals surface area contributed by atoms with Gasteiger partial charge in [0, 0.05) is 32.1 Å². The molecule has 2 aromatic rings. The summed E-state index contributed by atoms with van der Waals surface area (Å²) in [6, 6.07) is 5.10. The molecule has 1 saturated heterocycles. The number of carbonyl (C=O) groups is 1. The maximum absolute atomic E-state index is 12.8. The zero-order valence-electron chi connectivity index (χ0n) is 11.8. The van der Waals surface area contributed by atoms with Crippen molar-refractivity contribution in [1.82, 2.24) is 14.3 Å². The Morgan fingerprint density at radius 3 is 2.57 bits per heavy atom. The number of hydrogen-bond acceptors (Lipinski definition) is 3. The van der Waals surface area contributed by atoms with Gasteiger partial charge in [-0.15, -0.1) is 0 Å². The number of carbonyl (C=O) groups excluding carboxylic acids is 1. The lowest BCUT2D eigenvalue weighted by atomic mass is 9.90. The predicted molar refractivity (Wildman–Crippen MR) is 76.3 cm³/mol. The van der Waals surface area contributed by atoms with Gasteiger partial charge in [-0.05, 0) is 12.1 Å². The number of imidazole rings is 1. The van der Waals surface area contributed by atoms with Crippen LogP contribution in [0.25, 0.3) is 5.65 Å². The molecule has 3 rings (SSSR count). The number of pyridine rings is 1. The lowest BCUT2D eigenvalue weighted by Crippen LogP contribution is -2.54. The lowest BCUT2D eigenvalue weighted by molar-refractivity contribution is -0.271. The van der Waals surface area contributed by atoms with Crippen LogP contribution in [-0.2, 0) is 0 Å². The Bertz CT molecular complexity index is 751. The molecule has 1 fully saturated rings. The fraction of sp³-hybridized carbons (Fsp3) is 0.429. The van der Waals surface area contributed by atoms with E-state index in [-0.39, 0.29) is 23.9 Å². The summed E-state index contributed by atoms with van der Waals surface area (Å²) >= 11 is 6.00. The number of hydrogen-bond donors (Lipinski definition) is 1. The number of rotatable bonds is 1. The van der Waals surface area contributed by atoms with Gasteiger partial charge < -0.3 is 10.0 Å². The summed E-state index contributed by atoms with van der Waals surface area (Å²) in [5.74, 6) is -0.502. The fourth-order valence-corrected chi connectivity index (χ4v) is 2.93. The highest BCUT2D eigenvalue weighted by molar-refractivity contribution is 6.32. The Labute approximate surface area is 134 Å². The van der Waals surface area contributed by atoms with Crippen molar-refractivity contribution in [3.05, 3.63) is 35.2 Å². The van der Waals surface area contributed by atoms with E-state index in [2.05, 4.69) is 4.98 Å². The number of aliphatic hydroxyl groups is 1.